The molecule has 1 aliphatic carbocycles. The fraction of sp³-hybridized carbons (Fsp3) is 0.500. The lowest BCUT2D eigenvalue weighted by molar-refractivity contribution is 0.345. The number of hydrogen-bond donors (Lipinski definition) is 1. The van der Waals surface area contributed by atoms with Gasteiger partial charge in [-0.1, -0.05) is 6.07 Å². The zero-order valence-corrected chi connectivity index (χ0v) is 15.8. The predicted molar refractivity (Wildman–Crippen MR) is 104 cm³/mol. The van der Waals surface area contributed by atoms with Gasteiger partial charge in [0.1, 0.15) is 11.6 Å². The summed E-state index contributed by atoms with van der Waals surface area (Å²) in [6, 6.07) is 8.84. The highest BCUT2D eigenvalue weighted by Crippen LogP contribution is 2.37. The van der Waals surface area contributed by atoms with Crippen LogP contribution in [0.4, 0.5) is 11.8 Å². The van der Waals surface area contributed by atoms with Crippen LogP contribution in [-0.2, 0) is 13.0 Å². The molecule has 26 heavy (non-hydrogen) atoms. The van der Waals surface area contributed by atoms with Gasteiger partial charge in [-0.2, -0.15) is 4.98 Å². The quantitative estimate of drug-likeness (QED) is 0.910. The van der Waals surface area contributed by atoms with Gasteiger partial charge in [-0.15, -0.1) is 0 Å². The van der Waals surface area contributed by atoms with Gasteiger partial charge in [0.25, 0.3) is 0 Å². The van der Waals surface area contributed by atoms with Crippen LogP contribution in [0.5, 0.6) is 5.75 Å². The Balaban J connectivity index is 1.62. The van der Waals surface area contributed by atoms with E-state index >= 15 is 0 Å². The van der Waals surface area contributed by atoms with Crippen molar-refractivity contribution < 1.29 is 4.74 Å². The Hall–Kier alpha value is -2.34. The molecule has 0 atom stereocenters. The Morgan fingerprint density at radius 1 is 1.15 bits per heavy atom. The van der Waals surface area contributed by atoms with E-state index in [1.165, 1.54) is 11.1 Å². The van der Waals surface area contributed by atoms with Crippen LogP contribution >= 0.6 is 0 Å². The summed E-state index contributed by atoms with van der Waals surface area (Å²) in [6.07, 6.45) is 3.04. The van der Waals surface area contributed by atoms with Crippen molar-refractivity contribution in [1.29, 1.82) is 0 Å². The highest BCUT2D eigenvalue weighted by Gasteiger charge is 2.30. The Morgan fingerprint density at radius 2 is 1.96 bits per heavy atom. The molecule has 0 amide bonds. The highest BCUT2D eigenvalue weighted by molar-refractivity contribution is 5.50. The molecule has 0 spiro atoms. The number of fused-ring (bicyclic) bond motifs is 1. The van der Waals surface area contributed by atoms with Gasteiger partial charge >= 0.3 is 0 Å². The molecule has 0 saturated heterocycles. The predicted octanol–water partition coefficient (Wildman–Crippen LogP) is 2.32. The minimum Gasteiger partial charge on any atom is -0.497 e. The Morgan fingerprint density at radius 3 is 2.65 bits per heavy atom. The first-order chi connectivity index (χ1) is 12.5. The van der Waals surface area contributed by atoms with Crippen molar-refractivity contribution in [1.82, 2.24) is 9.97 Å². The van der Waals surface area contributed by atoms with Crippen LogP contribution in [0.3, 0.4) is 0 Å². The summed E-state index contributed by atoms with van der Waals surface area (Å²) in [6.45, 7) is 1.82. The van der Waals surface area contributed by atoms with Crippen LogP contribution in [-0.4, -0.2) is 43.8 Å². The Labute approximate surface area is 155 Å². The van der Waals surface area contributed by atoms with Crippen LogP contribution in [0.25, 0.3) is 0 Å². The van der Waals surface area contributed by atoms with Crippen LogP contribution in [0.15, 0.2) is 24.3 Å². The van der Waals surface area contributed by atoms with Gasteiger partial charge in [0.2, 0.25) is 5.95 Å². The van der Waals surface area contributed by atoms with Gasteiger partial charge in [-0.3, -0.25) is 0 Å². The third-order valence-corrected chi connectivity index (χ3v) is 5.46. The molecule has 2 aromatic rings. The number of aromatic nitrogens is 2. The molecule has 1 saturated carbocycles. The maximum absolute atomic E-state index is 5.99. The molecule has 4 rings (SSSR count). The highest BCUT2D eigenvalue weighted by atomic mass is 16.5. The molecule has 6 heteroatoms. The van der Waals surface area contributed by atoms with Crippen molar-refractivity contribution in [3.8, 4) is 5.75 Å². The average molecular weight is 353 g/mol. The second-order valence-electron chi connectivity index (χ2n) is 7.58. The summed E-state index contributed by atoms with van der Waals surface area (Å²) >= 11 is 0. The molecule has 0 unspecified atom stereocenters. The second-order valence-corrected chi connectivity index (χ2v) is 7.58. The van der Waals surface area contributed by atoms with Crippen molar-refractivity contribution >= 4 is 11.8 Å². The molecule has 2 heterocycles. The van der Waals surface area contributed by atoms with Gasteiger partial charge in [-0.25, -0.2) is 4.98 Å². The van der Waals surface area contributed by atoms with Crippen LogP contribution in [0, 0.1) is 0 Å². The van der Waals surface area contributed by atoms with Gasteiger partial charge < -0.3 is 20.3 Å². The Bertz CT molecular complexity index is 801. The number of ether oxygens (including phenoxy) is 1. The zero-order valence-electron chi connectivity index (χ0n) is 15.8. The van der Waals surface area contributed by atoms with Crippen molar-refractivity contribution in [3.63, 3.8) is 0 Å². The van der Waals surface area contributed by atoms with Crippen molar-refractivity contribution in [2.24, 2.45) is 5.73 Å². The number of nitrogens with two attached hydrogens (primary N) is 1. The number of methoxy groups -OCH3 is 1. The summed E-state index contributed by atoms with van der Waals surface area (Å²) in [5.41, 5.74) is 9.82. The number of benzene rings is 1. The summed E-state index contributed by atoms with van der Waals surface area (Å²) in [7, 11) is 5.70. The average Bonchev–Trinajstić information content (AvgIpc) is 2.64. The molecule has 2 aliphatic rings. The van der Waals surface area contributed by atoms with Crippen molar-refractivity contribution in [3.05, 3.63) is 41.1 Å². The molecular weight excluding hydrogens is 326 g/mol. The van der Waals surface area contributed by atoms with E-state index in [1.807, 2.05) is 25.1 Å². The van der Waals surface area contributed by atoms with Crippen molar-refractivity contribution in [2.75, 3.05) is 37.5 Å². The van der Waals surface area contributed by atoms with E-state index in [-0.39, 0.29) is 0 Å². The van der Waals surface area contributed by atoms with Crippen LogP contribution < -0.4 is 20.3 Å². The largest absolute Gasteiger partial charge is 0.497 e. The molecule has 2 N–H and O–H groups in total. The molecule has 1 fully saturated rings. The minimum atomic E-state index is 0.318. The first-order valence-electron chi connectivity index (χ1n) is 9.26. The molecule has 138 valence electrons. The van der Waals surface area contributed by atoms with Crippen LogP contribution in [0.1, 0.15) is 35.6 Å². The van der Waals surface area contributed by atoms with E-state index in [9.17, 15) is 0 Å². The minimum absolute atomic E-state index is 0.318. The third-order valence-electron chi connectivity index (χ3n) is 5.46. The zero-order chi connectivity index (χ0) is 18.3. The summed E-state index contributed by atoms with van der Waals surface area (Å²) in [5, 5.41) is 0. The standard InChI is InChI=1S/C20H27N5O/c1-24(2)20-22-18(15-8-16(21)9-15)11-19(23-20)25-7-6-13-10-17(26-3)5-4-14(13)12-25/h4-5,10-11,15-16H,6-9,12,21H2,1-3H3. The lowest BCUT2D eigenvalue weighted by Gasteiger charge is -2.34. The second kappa shape index (κ2) is 6.76. The lowest BCUT2D eigenvalue weighted by Crippen LogP contribution is -2.36. The first-order valence-corrected chi connectivity index (χ1v) is 9.26. The Kier molecular flexibility index (Phi) is 4.44. The number of hydrogen-bond acceptors (Lipinski definition) is 6. The number of anilines is 2. The monoisotopic (exact) mass is 353 g/mol. The van der Waals surface area contributed by atoms with Gasteiger partial charge in [-0.05, 0) is 42.5 Å². The maximum Gasteiger partial charge on any atom is 0.227 e. The normalized spacial score (nSPS) is 21.8. The molecular formula is C20H27N5O. The van der Waals surface area contributed by atoms with E-state index in [4.69, 9.17) is 20.4 Å². The number of rotatable bonds is 4. The first kappa shape index (κ1) is 17.1. The smallest absolute Gasteiger partial charge is 0.227 e. The van der Waals surface area contributed by atoms with E-state index in [0.29, 0.717) is 12.0 Å². The van der Waals surface area contributed by atoms with Gasteiger partial charge in [0.05, 0.1) is 12.8 Å². The molecule has 6 nitrogen and oxygen atoms in total. The van der Waals surface area contributed by atoms with Crippen LogP contribution in [0.2, 0.25) is 0 Å². The fourth-order valence-corrected chi connectivity index (χ4v) is 3.77. The summed E-state index contributed by atoms with van der Waals surface area (Å²) < 4.78 is 5.35. The lowest BCUT2D eigenvalue weighted by atomic mass is 9.78. The molecule has 1 aromatic carbocycles. The van der Waals surface area contributed by atoms with Gasteiger partial charge in [0, 0.05) is 45.2 Å². The van der Waals surface area contributed by atoms with Crippen molar-refractivity contribution in [2.45, 2.75) is 37.8 Å². The topological polar surface area (TPSA) is 67.5 Å². The summed E-state index contributed by atoms with van der Waals surface area (Å²) in [4.78, 5) is 13.9. The molecule has 1 aliphatic heterocycles. The fourth-order valence-electron chi connectivity index (χ4n) is 3.77. The molecule has 0 radical (unpaired) electrons. The van der Waals surface area contributed by atoms with E-state index < -0.39 is 0 Å². The third kappa shape index (κ3) is 3.21. The van der Waals surface area contributed by atoms with Gasteiger partial charge in [0.15, 0.2) is 0 Å². The maximum atomic E-state index is 5.99. The summed E-state index contributed by atoms with van der Waals surface area (Å²) in [5.74, 6) is 3.18. The molecule has 0 bridgehead atoms. The molecule has 1 aromatic heterocycles. The van der Waals surface area contributed by atoms with E-state index in [1.54, 1.807) is 7.11 Å². The van der Waals surface area contributed by atoms with E-state index in [0.717, 1.165) is 55.6 Å². The van der Waals surface area contributed by atoms with E-state index in [2.05, 4.69) is 23.1 Å². The SMILES string of the molecule is COc1ccc2c(c1)CCN(c1cc(C3CC(N)C3)nc(N(C)C)n1)C2. The number of nitrogens with zero attached hydrogens (tertiary/aromatic N) is 4.